The van der Waals surface area contributed by atoms with Crippen LogP contribution in [0.1, 0.15) is 41.6 Å². The first-order valence-corrected chi connectivity index (χ1v) is 9.89. The number of nitrogens with zero attached hydrogens (tertiary/aromatic N) is 2. The number of anilines is 1. The van der Waals surface area contributed by atoms with E-state index in [0.717, 1.165) is 30.6 Å². The van der Waals surface area contributed by atoms with Gasteiger partial charge in [0.25, 0.3) is 12.3 Å². The first-order valence-electron chi connectivity index (χ1n) is 8.70. The molecule has 2 N–H and O–H groups in total. The molecule has 30 heavy (non-hydrogen) atoms. The number of carbonyl (C=O) groups excluding carboxylic acids is 1. The fourth-order valence-corrected chi connectivity index (χ4v) is 4.30. The topological polar surface area (TPSA) is 68.2 Å². The van der Waals surface area contributed by atoms with Gasteiger partial charge in [-0.05, 0) is 43.8 Å². The van der Waals surface area contributed by atoms with E-state index in [1.807, 2.05) is 0 Å². The molecule has 2 aromatic rings. The fourth-order valence-electron chi connectivity index (χ4n) is 3.04. The van der Waals surface area contributed by atoms with Crippen LogP contribution in [0.25, 0.3) is 0 Å². The standard InChI is InChI=1S/C17H16ClF5N4O2S/c1-8(29-17(21,22)23)26-30-14-11-3-2-6-27(11)13(12(14)18)16(28)25-9-4-5-24-10(7-9)15(19)20/h4-5,7-8,15,26H,2-3,6H2,1H3,(H,24,25,28). The summed E-state index contributed by atoms with van der Waals surface area (Å²) in [5.74, 6) is -0.624. The zero-order chi connectivity index (χ0) is 22.1. The lowest BCUT2D eigenvalue weighted by Gasteiger charge is -2.16. The third-order valence-electron chi connectivity index (χ3n) is 4.18. The van der Waals surface area contributed by atoms with Gasteiger partial charge in [-0.25, -0.2) is 13.5 Å². The van der Waals surface area contributed by atoms with Crippen molar-refractivity contribution in [1.82, 2.24) is 14.3 Å². The summed E-state index contributed by atoms with van der Waals surface area (Å²) in [6.07, 6.45) is -6.50. The SMILES string of the molecule is CC(NSc1c(Cl)c(C(=O)Nc2ccnc(C(F)F)c2)n2c1CCC2)OC(F)(F)F. The second-order valence-corrected chi connectivity index (χ2v) is 7.57. The summed E-state index contributed by atoms with van der Waals surface area (Å²) in [5, 5.41) is 2.57. The highest BCUT2D eigenvalue weighted by atomic mass is 35.5. The third-order valence-corrected chi connectivity index (χ3v) is 5.75. The van der Waals surface area contributed by atoms with Crippen LogP contribution in [0.2, 0.25) is 5.02 Å². The van der Waals surface area contributed by atoms with Crippen molar-refractivity contribution in [3.63, 3.8) is 0 Å². The molecule has 3 heterocycles. The minimum atomic E-state index is -4.80. The molecule has 1 amide bonds. The quantitative estimate of drug-likeness (QED) is 0.333. The lowest BCUT2D eigenvalue weighted by atomic mass is 10.2. The van der Waals surface area contributed by atoms with Gasteiger partial charge in [0, 0.05) is 24.1 Å². The van der Waals surface area contributed by atoms with Crippen LogP contribution >= 0.6 is 23.5 Å². The van der Waals surface area contributed by atoms with Gasteiger partial charge in [0.1, 0.15) is 17.6 Å². The van der Waals surface area contributed by atoms with E-state index in [1.54, 1.807) is 4.57 Å². The number of halogens is 6. The number of hydrogen-bond donors (Lipinski definition) is 2. The van der Waals surface area contributed by atoms with Gasteiger partial charge in [0.15, 0.2) is 0 Å². The predicted octanol–water partition coefficient (Wildman–Crippen LogP) is 5.15. The highest BCUT2D eigenvalue weighted by Gasteiger charge is 2.33. The molecule has 0 saturated heterocycles. The highest BCUT2D eigenvalue weighted by Crippen LogP contribution is 2.39. The van der Waals surface area contributed by atoms with Crippen LogP contribution in [0, 0.1) is 0 Å². The maximum Gasteiger partial charge on any atom is 0.524 e. The molecule has 0 saturated carbocycles. The van der Waals surface area contributed by atoms with Gasteiger partial charge in [-0.1, -0.05) is 11.6 Å². The van der Waals surface area contributed by atoms with Gasteiger partial charge < -0.3 is 9.88 Å². The fraction of sp³-hybridized carbons (Fsp3) is 0.412. The summed E-state index contributed by atoms with van der Waals surface area (Å²) < 4.78 is 70.6. The first kappa shape index (κ1) is 22.8. The van der Waals surface area contributed by atoms with Gasteiger partial charge in [0.2, 0.25) is 0 Å². The lowest BCUT2D eigenvalue weighted by molar-refractivity contribution is -0.341. The predicted molar refractivity (Wildman–Crippen MR) is 101 cm³/mol. The van der Waals surface area contributed by atoms with E-state index in [0.29, 0.717) is 23.6 Å². The summed E-state index contributed by atoms with van der Waals surface area (Å²) in [6, 6.07) is 2.41. The highest BCUT2D eigenvalue weighted by molar-refractivity contribution is 7.97. The summed E-state index contributed by atoms with van der Waals surface area (Å²) in [6.45, 7) is 1.67. The Morgan fingerprint density at radius 2 is 2.13 bits per heavy atom. The van der Waals surface area contributed by atoms with Crippen LogP contribution in [0.3, 0.4) is 0 Å². The molecule has 164 valence electrons. The van der Waals surface area contributed by atoms with Gasteiger partial charge in [-0.15, -0.1) is 13.2 Å². The van der Waals surface area contributed by atoms with Crippen molar-refractivity contribution in [1.29, 1.82) is 0 Å². The van der Waals surface area contributed by atoms with Crippen LogP contribution in [-0.2, 0) is 17.7 Å². The Bertz CT molecular complexity index is 938. The van der Waals surface area contributed by atoms with Gasteiger partial charge in [-0.2, -0.15) is 0 Å². The monoisotopic (exact) mass is 470 g/mol. The van der Waals surface area contributed by atoms with Crippen molar-refractivity contribution < 1.29 is 31.5 Å². The Balaban J connectivity index is 1.80. The minimum absolute atomic E-state index is 0.0575. The minimum Gasteiger partial charge on any atom is -0.338 e. The van der Waals surface area contributed by atoms with Crippen LogP contribution in [0.15, 0.2) is 23.2 Å². The average Bonchev–Trinajstić information content (AvgIpc) is 3.18. The first-order chi connectivity index (χ1) is 14.1. The van der Waals surface area contributed by atoms with E-state index in [-0.39, 0.29) is 16.4 Å². The Morgan fingerprint density at radius 1 is 1.40 bits per heavy atom. The van der Waals surface area contributed by atoms with Crippen LogP contribution in [0.4, 0.5) is 27.6 Å². The third kappa shape index (κ3) is 5.23. The van der Waals surface area contributed by atoms with E-state index in [2.05, 4.69) is 19.8 Å². The summed E-state index contributed by atoms with van der Waals surface area (Å²) in [4.78, 5) is 16.7. The summed E-state index contributed by atoms with van der Waals surface area (Å²) in [5.41, 5.74) is 0.436. The molecule has 6 nitrogen and oxygen atoms in total. The van der Waals surface area contributed by atoms with Gasteiger partial charge >= 0.3 is 6.36 Å². The van der Waals surface area contributed by atoms with Crippen LogP contribution < -0.4 is 10.0 Å². The Labute approximate surface area is 177 Å². The number of fused-ring (bicyclic) bond motifs is 1. The molecule has 0 bridgehead atoms. The van der Waals surface area contributed by atoms with Crippen molar-refractivity contribution in [3.05, 3.63) is 40.4 Å². The number of alkyl halides is 5. The van der Waals surface area contributed by atoms with E-state index >= 15 is 0 Å². The second kappa shape index (κ2) is 9.08. The van der Waals surface area contributed by atoms with E-state index in [4.69, 9.17) is 11.6 Å². The molecule has 1 aliphatic heterocycles. The maximum atomic E-state index is 12.8. The number of pyridine rings is 1. The van der Waals surface area contributed by atoms with Gasteiger partial charge in [0.05, 0.1) is 9.92 Å². The van der Waals surface area contributed by atoms with Crippen molar-refractivity contribution in [2.24, 2.45) is 0 Å². The molecule has 13 heteroatoms. The number of ether oxygens (including phenoxy) is 1. The number of carbonyl (C=O) groups is 1. The molecule has 1 atom stereocenters. The molecule has 2 aromatic heterocycles. The van der Waals surface area contributed by atoms with Crippen molar-refractivity contribution in [3.8, 4) is 0 Å². The average molecular weight is 471 g/mol. The number of amides is 1. The number of rotatable bonds is 7. The molecule has 1 unspecified atom stereocenters. The van der Waals surface area contributed by atoms with E-state index < -0.39 is 30.6 Å². The molecule has 3 rings (SSSR count). The summed E-state index contributed by atoms with van der Waals surface area (Å²) in [7, 11) is 0. The maximum absolute atomic E-state index is 12.8. The van der Waals surface area contributed by atoms with Crippen molar-refractivity contribution >= 4 is 35.1 Å². The number of hydrogen-bond acceptors (Lipinski definition) is 5. The molecular weight excluding hydrogens is 455 g/mol. The van der Waals surface area contributed by atoms with Crippen molar-refractivity contribution in [2.45, 2.75) is 50.2 Å². The molecule has 0 spiro atoms. The summed E-state index contributed by atoms with van der Waals surface area (Å²) >= 11 is 7.20. The van der Waals surface area contributed by atoms with Gasteiger partial charge in [-0.3, -0.25) is 14.5 Å². The molecule has 1 aliphatic rings. The van der Waals surface area contributed by atoms with Crippen molar-refractivity contribution in [2.75, 3.05) is 5.32 Å². The Kier molecular flexibility index (Phi) is 6.90. The van der Waals surface area contributed by atoms with E-state index in [1.165, 1.54) is 13.0 Å². The zero-order valence-electron chi connectivity index (χ0n) is 15.4. The Hall–Kier alpha value is -1.89. The van der Waals surface area contributed by atoms with Crippen LogP contribution in [-0.4, -0.2) is 28.0 Å². The Morgan fingerprint density at radius 3 is 2.80 bits per heavy atom. The molecule has 0 aliphatic carbocycles. The molecule has 0 radical (unpaired) electrons. The lowest BCUT2D eigenvalue weighted by Crippen LogP contribution is -2.30. The van der Waals surface area contributed by atoms with Crippen LogP contribution in [0.5, 0.6) is 0 Å². The zero-order valence-corrected chi connectivity index (χ0v) is 17.0. The second-order valence-electron chi connectivity index (χ2n) is 6.34. The molecule has 0 fully saturated rings. The molecular formula is C17H16ClF5N4O2S. The normalized spacial score (nSPS) is 14.8. The van der Waals surface area contributed by atoms with E-state index in [9.17, 15) is 26.7 Å². The number of aromatic nitrogens is 2. The molecule has 0 aromatic carbocycles. The smallest absolute Gasteiger partial charge is 0.338 e. The largest absolute Gasteiger partial charge is 0.524 e. The number of nitrogens with one attached hydrogen (secondary N) is 2.